The van der Waals surface area contributed by atoms with Gasteiger partial charge in [-0.25, -0.2) is 0 Å². The van der Waals surface area contributed by atoms with Crippen molar-refractivity contribution in [3.05, 3.63) is 0 Å². The number of rotatable bonds is 3. The molecule has 0 aromatic carbocycles. The van der Waals surface area contributed by atoms with E-state index < -0.39 is 0 Å². The number of hydrogen-bond donors (Lipinski definition) is 0. The molecule has 0 atom stereocenters. The minimum atomic E-state index is 0.341. The third kappa shape index (κ3) is 2.55. The second-order valence-electron chi connectivity index (χ2n) is 5.04. The SMILES string of the molecule is CCCC(=O)N1CC(N2CCN(C)CC2)C1. The zero-order valence-corrected chi connectivity index (χ0v) is 10.5. The molecule has 4 heteroatoms. The Morgan fingerprint density at radius 3 is 2.38 bits per heavy atom. The van der Waals surface area contributed by atoms with Crippen molar-refractivity contribution in [2.45, 2.75) is 25.8 Å². The second kappa shape index (κ2) is 5.15. The van der Waals surface area contributed by atoms with Gasteiger partial charge in [0.2, 0.25) is 5.91 Å². The summed E-state index contributed by atoms with van der Waals surface area (Å²) in [6, 6.07) is 0.634. The van der Waals surface area contributed by atoms with Crippen LogP contribution in [-0.4, -0.2) is 73.0 Å². The topological polar surface area (TPSA) is 26.8 Å². The van der Waals surface area contributed by atoms with E-state index in [2.05, 4.69) is 23.8 Å². The number of nitrogens with zero attached hydrogens (tertiary/aromatic N) is 3. The maximum Gasteiger partial charge on any atom is 0.222 e. The standard InChI is InChI=1S/C12H23N3O/c1-3-4-12(16)15-9-11(10-15)14-7-5-13(2)6-8-14/h11H,3-10H2,1-2H3. The summed E-state index contributed by atoms with van der Waals surface area (Å²) < 4.78 is 0. The molecule has 2 aliphatic heterocycles. The first kappa shape index (κ1) is 11.9. The van der Waals surface area contributed by atoms with Crippen molar-refractivity contribution >= 4 is 5.91 Å². The molecule has 16 heavy (non-hydrogen) atoms. The summed E-state index contributed by atoms with van der Waals surface area (Å²) >= 11 is 0. The molecule has 0 aliphatic carbocycles. The van der Waals surface area contributed by atoms with Crippen LogP contribution < -0.4 is 0 Å². The van der Waals surface area contributed by atoms with E-state index in [1.807, 2.05) is 4.90 Å². The van der Waals surface area contributed by atoms with E-state index in [1.54, 1.807) is 0 Å². The molecule has 1 amide bonds. The van der Waals surface area contributed by atoms with Crippen LogP contribution in [0.3, 0.4) is 0 Å². The largest absolute Gasteiger partial charge is 0.339 e. The highest BCUT2D eigenvalue weighted by Crippen LogP contribution is 2.17. The Kier molecular flexibility index (Phi) is 3.82. The summed E-state index contributed by atoms with van der Waals surface area (Å²) in [5.74, 6) is 0.341. The number of carbonyl (C=O) groups is 1. The minimum Gasteiger partial charge on any atom is -0.339 e. The summed E-state index contributed by atoms with van der Waals surface area (Å²) in [5, 5.41) is 0. The molecule has 2 saturated heterocycles. The Bertz CT molecular complexity index is 243. The number of hydrogen-bond acceptors (Lipinski definition) is 3. The van der Waals surface area contributed by atoms with Crippen LogP contribution in [-0.2, 0) is 4.79 Å². The van der Waals surface area contributed by atoms with Gasteiger partial charge in [0.1, 0.15) is 0 Å². The Hall–Kier alpha value is -0.610. The molecule has 0 unspecified atom stereocenters. The zero-order chi connectivity index (χ0) is 11.5. The lowest BCUT2D eigenvalue weighted by Gasteiger charge is -2.47. The van der Waals surface area contributed by atoms with E-state index in [1.165, 1.54) is 13.1 Å². The molecule has 2 aliphatic rings. The van der Waals surface area contributed by atoms with Crippen LogP contribution in [0, 0.1) is 0 Å². The van der Waals surface area contributed by atoms with Crippen LogP contribution >= 0.6 is 0 Å². The fourth-order valence-electron chi connectivity index (χ4n) is 2.45. The van der Waals surface area contributed by atoms with Gasteiger partial charge in [-0.2, -0.15) is 0 Å². The molecule has 0 N–H and O–H groups in total. The van der Waals surface area contributed by atoms with Crippen LogP contribution in [0.2, 0.25) is 0 Å². The molecule has 92 valence electrons. The fraction of sp³-hybridized carbons (Fsp3) is 0.917. The van der Waals surface area contributed by atoms with Gasteiger partial charge in [0.25, 0.3) is 0 Å². The van der Waals surface area contributed by atoms with Crippen molar-refractivity contribution in [2.24, 2.45) is 0 Å². The third-order valence-electron chi connectivity index (χ3n) is 3.73. The summed E-state index contributed by atoms with van der Waals surface area (Å²) in [4.78, 5) is 18.5. The summed E-state index contributed by atoms with van der Waals surface area (Å²) in [6.07, 6.45) is 1.68. The lowest BCUT2D eigenvalue weighted by atomic mass is 10.1. The molecule has 0 radical (unpaired) electrons. The van der Waals surface area contributed by atoms with Crippen LogP contribution in [0.1, 0.15) is 19.8 Å². The van der Waals surface area contributed by atoms with Crippen LogP contribution in [0.4, 0.5) is 0 Å². The first-order valence-electron chi connectivity index (χ1n) is 6.41. The van der Waals surface area contributed by atoms with E-state index in [-0.39, 0.29) is 0 Å². The van der Waals surface area contributed by atoms with E-state index >= 15 is 0 Å². The Labute approximate surface area is 98.2 Å². The van der Waals surface area contributed by atoms with E-state index in [9.17, 15) is 4.79 Å². The average Bonchev–Trinajstić information content (AvgIpc) is 2.19. The van der Waals surface area contributed by atoms with Crippen LogP contribution in [0.15, 0.2) is 0 Å². The number of likely N-dealkylation sites (N-methyl/N-ethyl adjacent to an activating group) is 1. The maximum atomic E-state index is 11.6. The van der Waals surface area contributed by atoms with Crippen LogP contribution in [0.25, 0.3) is 0 Å². The highest BCUT2D eigenvalue weighted by atomic mass is 16.2. The number of likely N-dealkylation sites (tertiary alicyclic amines) is 1. The van der Waals surface area contributed by atoms with Crippen molar-refractivity contribution in [3.63, 3.8) is 0 Å². The second-order valence-corrected chi connectivity index (χ2v) is 5.04. The quantitative estimate of drug-likeness (QED) is 0.688. The minimum absolute atomic E-state index is 0.341. The first-order valence-corrected chi connectivity index (χ1v) is 6.41. The lowest BCUT2D eigenvalue weighted by molar-refractivity contribution is -0.139. The van der Waals surface area contributed by atoms with E-state index in [0.717, 1.165) is 39.0 Å². The summed E-state index contributed by atoms with van der Waals surface area (Å²) in [6.45, 7) is 8.65. The first-order chi connectivity index (χ1) is 7.70. The smallest absolute Gasteiger partial charge is 0.222 e. The number of carbonyl (C=O) groups excluding carboxylic acids is 1. The van der Waals surface area contributed by atoms with E-state index in [4.69, 9.17) is 0 Å². The lowest BCUT2D eigenvalue weighted by Crippen LogP contribution is -2.63. The fourth-order valence-corrected chi connectivity index (χ4v) is 2.45. The van der Waals surface area contributed by atoms with Crippen molar-refractivity contribution < 1.29 is 4.79 Å². The molecule has 0 aromatic rings. The van der Waals surface area contributed by atoms with Crippen molar-refractivity contribution in [1.82, 2.24) is 14.7 Å². The van der Waals surface area contributed by atoms with Gasteiger partial charge in [-0.3, -0.25) is 9.69 Å². The van der Waals surface area contributed by atoms with Gasteiger partial charge in [-0.15, -0.1) is 0 Å². The highest BCUT2D eigenvalue weighted by molar-refractivity contribution is 5.77. The third-order valence-corrected chi connectivity index (χ3v) is 3.73. The summed E-state index contributed by atoms with van der Waals surface area (Å²) in [7, 11) is 2.18. The molecule has 2 fully saturated rings. The summed E-state index contributed by atoms with van der Waals surface area (Å²) in [5.41, 5.74) is 0. The molecule has 2 rings (SSSR count). The molecule has 2 heterocycles. The van der Waals surface area contributed by atoms with Gasteiger partial charge in [0.05, 0.1) is 0 Å². The normalized spacial score (nSPS) is 24.5. The van der Waals surface area contributed by atoms with Crippen molar-refractivity contribution in [2.75, 3.05) is 46.3 Å². The van der Waals surface area contributed by atoms with Crippen molar-refractivity contribution in [1.29, 1.82) is 0 Å². The van der Waals surface area contributed by atoms with Gasteiger partial charge in [-0.05, 0) is 13.5 Å². The van der Waals surface area contributed by atoms with Gasteiger partial charge in [-0.1, -0.05) is 6.92 Å². The Morgan fingerprint density at radius 2 is 1.81 bits per heavy atom. The molecule has 0 bridgehead atoms. The predicted molar refractivity (Wildman–Crippen MR) is 64.3 cm³/mol. The maximum absolute atomic E-state index is 11.6. The number of amides is 1. The van der Waals surface area contributed by atoms with Gasteiger partial charge < -0.3 is 9.80 Å². The molecule has 0 aromatic heterocycles. The molecule has 0 spiro atoms. The monoisotopic (exact) mass is 225 g/mol. The Morgan fingerprint density at radius 1 is 1.19 bits per heavy atom. The molecular formula is C12H23N3O. The molecular weight excluding hydrogens is 202 g/mol. The van der Waals surface area contributed by atoms with Gasteiger partial charge >= 0.3 is 0 Å². The number of piperazine rings is 1. The Balaban J connectivity index is 1.70. The zero-order valence-electron chi connectivity index (χ0n) is 10.5. The van der Waals surface area contributed by atoms with Crippen molar-refractivity contribution in [3.8, 4) is 0 Å². The molecule has 4 nitrogen and oxygen atoms in total. The predicted octanol–water partition coefficient (Wildman–Crippen LogP) is 0.245. The van der Waals surface area contributed by atoms with Gasteiger partial charge in [0.15, 0.2) is 0 Å². The molecule has 0 saturated carbocycles. The van der Waals surface area contributed by atoms with E-state index in [0.29, 0.717) is 11.9 Å². The van der Waals surface area contributed by atoms with Crippen LogP contribution in [0.5, 0.6) is 0 Å². The average molecular weight is 225 g/mol. The highest BCUT2D eigenvalue weighted by Gasteiger charge is 2.34. The van der Waals surface area contributed by atoms with Gasteiger partial charge in [0, 0.05) is 51.7 Å².